The van der Waals surface area contributed by atoms with E-state index in [0.29, 0.717) is 18.5 Å². The number of fused-ring (bicyclic) bond motifs is 1. The molecule has 2 aromatic heterocycles. The zero-order valence-electron chi connectivity index (χ0n) is 15.4. The van der Waals surface area contributed by atoms with Crippen molar-refractivity contribution in [3.8, 4) is 5.69 Å². The molecule has 136 valence electrons. The Labute approximate surface area is 157 Å². The van der Waals surface area contributed by atoms with Gasteiger partial charge < -0.3 is 10.3 Å². The largest absolute Gasteiger partial charge is 0.351 e. The fourth-order valence-electron chi connectivity index (χ4n) is 3.30. The van der Waals surface area contributed by atoms with Gasteiger partial charge in [0.15, 0.2) is 0 Å². The Balaban J connectivity index is 1.46. The first-order chi connectivity index (χ1) is 13.1. The number of imidazole rings is 1. The minimum atomic E-state index is -0.108. The molecular formula is C21H21N5O. The molecule has 0 aliphatic heterocycles. The van der Waals surface area contributed by atoms with Crippen molar-refractivity contribution in [3.05, 3.63) is 77.4 Å². The minimum Gasteiger partial charge on any atom is -0.351 e. The van der Waals surface area contributed by atoms with Crippen LogP contribution >= 0.6 is 0 Å². The van der Waals surface area contributed by atoms with E-state index in [0.717, 1.165) is 33.9 Å². The Morgan fingerprint density at radius 3 is 2.59 bits per heavy atom. The molecule has 1 amide bonds. The predicted octanol–water partition coefficient (Wildman–Crippen LogP) is 3.34. The normalized spacial score (nSPS) is 11.0. The van der Waals surface area contributed by atoms with Crippen LogP contribution in [0.15, 0.2) is 54.6 Å². The molecule has 0 saturated carbocycles. The van der Waals surface area contributed by atoms with Crippen molar-refractivity contribution < 1.29 is 4.79 Å². The average molecular weight is 359 g/mol. The van der Waals surface area contributed by atoms with Crippen LogP contribution in [0, 0.1) is 13.8 Å². The van der Waals surface area contributed by atoms with Crippen molar-refractivity contribution >= 4 is 16.9 Å². The van der Waals surface area contributed by atoms with Crippen molar-refractivity contribution in [1.29, 1.82) is 0 Å². The molecule has 0 aliphatic carbocycles. The molecule has 4 aromatic rings. The molecule has 6 nitrogen and oxygen atoms in total. The maximum absolute atomic E-state index is 12.7. The van der Waals surface area contributed by atoms with Crippen LogP contribution in [-0.4, -0.2) is 32.2 Å². The molecule has 0 saturated heterocycles. The summed E-state index contributed by atoms with van der Waals surface area (Å²) in [6.45, 7) is 4.29. The van der Waals surface area contributed by atoms with Crippen LogP contribution < -0.4 is 5.32 Å². The second kappa shape index (κ2) is 7.07. The smallest absolute Gasteiger partial charge is 0.255 e. The maximum atomic E-state index is 12.7. The zero-order chi connectivity index (χ0) is 18.8. The number of aromatic amines is 1. The first-order valence-corrected chi connectivity index (χ1v) is 8.97. The van der Waals surface area contributed by atoms with Crippen molar-refractivity contribution in [2.75, 3.05) is 6.54 Å². The first-order valence-electron chi connectivity index (χ1n) is 8.97. The second-order valence-electron chi connectivity index (χ2n) is 6.50. The highest BCUT2D eigenvalue weighted by Crippen LogP contribution is 2.17. The molecule has 2 aromatic carbocycles. The third kappa shape index (κ3) is 3.33. The van der Waals surface area contributed by atoms with E-state index in [1.165, 1.54) is 0 Å². The van der Waals surface area contributed by atoms with Gasteiger partial charge in [-0.2, -0.15) is 5.10 Å². The Morgan fingerprint density at radius 1 is 1.07 bits per heavy atom. The number of nitrogens with zero attached hydrogens (tertiary/aromatic N) is 3. The van der Waals surface area contributed by atoms with E-state index >= 15 is 0 Å². The molecule has 0 unspecified atom stereocenters. The standard InChI is InChI=1S/C21H21N5O/c1-14-20(15(2)26(25-14)16-8-4-3-5-9-16)21(27)22-13-12-19-23-17-10-6-7-11-18(17)24-19/h3-11H,12-13H2,1-2H3,(H,22,27)(H,23,24). The molecular weight excluding hydrogens is 338 g/mol. The van der Waals surface area contributed by atoms with Gasteiger partial charge in [0.25, 0.3) is 5.91 Å². The van der Waals surface area contributed by atoms with Crippen molar-refractivity contribution in [2.24, 2.45) is 0 Å². The van der Waals surface area contributed by atoms with Crippen LogP contribution in [0.5, 0.6) is 0 Å². The third-order valence-corrected chi connectivity index (χ3v) is 4.60. The topological polar surface area (TPSA) is 75.6 Å². The number of carbonyl (C=O) groups is 1. The van der Waals surface area contributed by atoms with Crippen LogP contribution in [0.1, 0.15) is 27.6 Å². The van der Waals surface area contributed by atoms with Gasteiger partial charge in [0.1, 0.15) is 5.82 Å². The van der Waals surface area contributed by atoms with Crippen molar-refractivity contribution in [3.63, 3.8) is 0 Å². The molecule has 6 heteroatoms. The predicted molar refractivity (Wildman–Crippen MR) is 105 cm³/mol. The zero-order valence-corrected chi connectivity index (χ0v) is 15.4. The number of benzene rings is 2. The van der Waals surface area contributed by atoms with Gasteiger partial charge in [-0.3, -0.25) is 4.79 Å². The van der Waals surface area contributed by atoms with Gasteiger partial charge in [0.05, 0.1) is 33.7 Å². The molecule has 0 bridgehead atoms. The summed E-state index contributed by atoms with van der Waals surface area (Å²) >= 11 is 0. The monoisotopic (exact) mass is 359 g/mol. The minimum absolute atomic E-state index is 0.108. The number of hydrogen-bond donors (Lipinski definition) is 2. The SMILES string of the molecule is Cc1nn(-c2ccccc2)c(C)c1C(=O)NCCc1nc2ccccc2[nH]1. The highest BCUT2D eigenvalue weighted by Gasteiger charge is 2.19. The van der Waals surface area contributed by atoms with E-state index in [4.69, 9.17) is 0 Å². The molecule has 0 radical (unpaired) electrons. The van der Waals surface area contributed by atoms with Crippen molar-refractivity contribution in [2.45, 2.75) is 20.3 Å². The number of H-pyrrole nitrogens is 1. The van der Waals surface area contributed by atoms with E-state index in [1.54, 1.807) is 0 Å². The van der Waals surface area contributed by atoms with Gasteiger partial charge in [0, 0.05) is 13.0 Å². The van der Waals surface area contributed by atoms with E-state index in [2.05, 4.69) is 20.4 Å². The van der Waals surface area contributed by atoms with Gasteiger partial charge in [-0.25, -0.2) is 9.67 Å². The molecule has 4 rings (SSSR count). The number of para-hydroxylation sites is 3. The van der Waals surface area contributed by atoms with E-state index in [9.17, 15) is 4.79 Å². The fraction of sp³-hybridized carbons (Fsp3) is 0.190. The lowest BCUT2D eigenvalue weighted by Gasteiger charge is -2.06. The van der Waals surface area contributed by atoms with Gasteiger partial charge in [-0.05, 0) is 38.1 Å². The number of hydrogen-bond acceptors (Lipinski definition) is 3. The van der Waals surface area contributed by atoms with Gasteiger partial charge in [0.2, 0.25) is 0 Å². The highest BCUT2D eigenvalue weighted by molar-refractivity contribution is 5.96. The lowest BCUT2D eigenvalue weighted by molar-refractivity contribution is 0.0953. The summed E-state index contributed by atoms with van der Waals surface area (Å²) in [5.74, 6) is 0.758. The summed E-state index contributed by atoms with van der Waals surface area (Å²) in [5.41, 5.74) is 5.07. The first kappa shape index (κ1) is 17.0. The molecule has 2 N–H and O–H groups in total. The van der Waals surface area contributed by atoms with Crippen LogP contribution in [0.4, 0.5) is 0 Å². The van der Waals surface area contributed by atoms with Crippen LogP contribution in [0.25, 0.3) is 16.7 Å². The molecule has 0 spiro atoms. The Hall–Kier alpha value is -3.41. The fourth-order valence-corrected chi connectivity index (χ4v) is 3.30. The molecule has 0 atom stereocenters. The summed E-state index contributed by atoms with van der Waals surface area (Å²) in [4.78, 5) is 20.5. The summed E-state index contributed by atoms with van der Waals surface area (Å²) in [6.07, 6.45) is 0.644. The Kier molecular flexibility index (Phi) is 4.46. The van der Waals surface area contributed by atoms with E-state index in [1.807, 2.05) is 73.1 Å². The Morgan fingerprint density at radius 2 is 1.81 bits per heavy atom. The number of amides is 1. The number of aromatic nitrogens is 4. The average Bonchev–Trinajstić information content (AvgIpc) is 3.22. The number of nitrogens with one attached hydrogen (secondary N) is 2. The Bertz CT molecular complexity index is 1060. The van der Waals surface area contributed by atoms with E-state index < -0.39 is 0 Å². The van der Waals surface area contributed by atoms with Gasteiger partial charge >= 0.3 is 0 Å². The van der Waals surface area contributed by atoms with Crippen molar-refractivity contribution in [1.82, 2.24) is 25.1 Å². The van der Waals surface area contributed by atoms with Crippen LogP contribution in [0.2, 0.25) is 0 Å². The summed E-state index contributed by atoms with van der Waals surface area (Å²) in [5, 5.41) is 7.52. The molecule has 0 fully saturated rings. The van der Waals surface area contributed by atoms with Gasteiger partial charge in [-0.15, -0.1) is 0 Å². The maximum Gasteiger partial charge on any atom is 0.255 e. The number of carbonyl (C=O) groups excluding carboxylic acids is 1. The third-order valence-electron chi connectivity index (χ3n) is 4.60. The van der Waals surface area contributed by atoms with Crippen LogP contribution in [-0.2, 0) is 6.42 Å². The summed E-state index contributed by atoms with van der Waals surface area (Å²) in [7, 11) is 0. The molecule has 0 aliphatic rings. The molecule has 27 heavy (non-hydrogen) atoms. The second-order valence-corrected chi connectivity index (χ2v) is 6.50. The summed E-state index contributed by atoms with van der Waals surface area (Å²) in [6, 6.07) is 17.7. The van der Waals surface area contributed by atoms with Crippen LogP contribution in [0.3, 0.4) is 0 Å². The summed E-state index contributed by atoms with van der Waals surface area (Å²) < 4.78 is 1.81. The molecule has 2 heterocycles. The quantitative estimate of drug-likeness (QED) is 0.574. The number of rotatable bonds is 5. The highest BCUT2D eigenvalue weighted by atomic mass is 16.1. The van der Waals surface area contributed by atoms with E-state index in [-0.39, 0.29) is 5.91 Å². The number of aryl methyl sites for hydroxylation is 1. The lowest BCUT2D eigenvalue weighted by atomic mass is 10.2. The lowest BCUT2D eigenvalue weighted by Crippen LogP contribution is -2.27. The van der Waals surface area contributed by atoms with Gasteiger partial charge in [-0.1, -0.05) is 30.3 Å².